The summed E-state index contributed by atoms with van der Waals surface area (Å²) in [5.74, 6) is 3.32. The van der Waals surface area contributed by atoms with E-state index in [1.165, 1.54) is 31.2 Å². The first-order valence-corrected chi connectivity index (χ1v) is 16.8. The van der Waals surface area contributed by atoms with Gasteiger partial charge in [-0.3, -0.25) is 9.98 Å². The van der Waals surface area contributed by atoms with Crippen LogP contribution in [0, 0.1) is 6.92 Å². The highest BCUT2D eigenvalue weighted by Crippen LogP contribution is 2.36. The van der Waals surface area contributed by atoms with E-state index in [4.69, 9.17) is 25.0 Å². The number of fused-ring (bicyclic) bond motifs is 6. The fraction of sp³-hybridized carbons (Fsp3) is 0.500. The van der Waals surface area contributed by atoms with Gasteiger partial charge in [0.05, 0.1) is 11.9 Å². The minimum atomic E-state index is 0.422. The van der Waals surface area contributed by atoms with Crippen molar-refractivity contribution in [1.82, 2.24) is 35.4 Å². The third-order valence-electron chi connectivity index (χ3n) is 10.5. The van der Waals surface area contributed by atoms with Crippen molar-refractivity contribution in [2.45, 2.75) is 107 Å². The van der Waals surface area contributed by atoms with Gasteiger partial charge in [0, 0.05) is 77.4 Å². The van der Waals surface area contributed by atoms with E-state index in [0.717, 1.165) is 89.8 Å². The zero-order valence-electron chi connectivity index (χ0n) is 25.8. The molecule has 232 valence electrons. The number of rotatable bonds is 7. The summed E-state index contributed by atoms with van der Waals surface area (Å²) in [6, 6.07) is 11.5. The minimum absolute atomic E-state index is 0.422. The zero-order valence-corrected chi connectivity index (χ0v) is 25.8. The molecule has 11 heteroatoms. The van der Waals surface area contributed by atoms with Gasteiger partial charge in [0.15, 0.2) is 5.82 Å². The van der Waals surface area contributed by atoms with Crippen LogP contribution in [0.5, 0.6) is 0 Å². The Kier molecular flexibility index (Phi) is 6.70. The molecule has 45 heavy (non-hydrogen) atoms. The number of aryl methyl sites for hydroxylation is 1. The molecule has 0 amide bonds. The van der Waals surface area contributed by atoms with Gasteiger partial charge in [0.2, 0.25) is 0 Å². The lowest BCUT2D eigenvalue weighted by Crippen LogP contribution is -2.43. The second-order valence-electron chi connectivity index (χ2n) is 13.7. The predicted molar refractivity (Wildman–Crippen MR) is 179 cm³/mol. The van der Waals surface area contributed by atoms with Gasteiger partial charge in [-0.25, -0.2) is 14.6 Å². The Hall–Kier alpha value is -4.09. The molecule has 0 radical (unpaired) electrons. The molecule has 9 rings (SSSR count). The second-order valence-corrected chi connectivity index (χ2v) is 13.7. The smallest absolute Gasteiger partial charge is 0.154 e. The molecule has 9 heterocycles. The molecule has 6 atom stereocenters. The van der Waals surface area contributed by atoms with Crippen molar-refractivity contribution in [3.63, 3.8) is 0 Å². The van der Waals surface area contributed by atoms with E-state index >= 15 is 0 Å². The number of pyridine rings is 3. The monoisotopic (exact) mass is 603 g/mol. The highest BCUT2D eigenvalue weighted by molar-refractivity contribution is 5.94. The molecule has 5 aliphatic rings. The topological polar surface area (TPSA) is 129 Å². The van der Waals surface area contributed by atoms with Gasteiger partial charge in [-0.15, -0.1) is 5.10 Å². The SMILES string of the molecule is Cc1cc(Nc2cc3c(c(N[C@@H]4C[C@H]5CC[C@@H](C4)N5)n2)CCC=N3)nn1-c1cnc(N[C@@H]2C[C@H]3CC[C@@H](C2)N3)c2cccnc12. The Morgan fingerprint density at radius 3 is 2.29 bits per heavy atom. The number of piperidine rings is 2. The van der Waals surface area contributed by atoms with E-state index < -0.39 is 0 Å². The van der Waals surface area contributed by atoms with E-state index in [1.807, 2.05) is 41.5 Å². The van der Waals surface area contributed by atoms with Gasteiger partial charge < -0.3 is 26.6 Å². The number of nitrogens with one attached hydrogen (secondary N) is 5. The van der Waals surface area contributed by atoms with Crippen LogP contribution in [0.4, 0.5) is 29.0 Å². The van der Waals surface area contributed by atoms with Crippen molar-refractivity contribution in [3.05, 3.63) is 47.9 Å². The van der Waals surface area contributed by atoms with E-state index in [2.05, 4.69) is 39.6 Å². The normalized spacial score (nSPS) is 28.3. The summed E-state index contributed by atoms with van der Waals surface area (Å²) in [6.45, 7) is 2.06. The summed E-state index contributed by atoms with van der Waals surface area (Å²) in [5, 5.41) is 24.6. The van der Waals surface area contributed by atoms with Crippen LogP contribution in [0.1, 0.15) is 69.0 Å². The molecule has 4 fully saturated rings. The second kappa shape index (κ2) is 11.1. The lowest BCUT2D eigenvalue weighted by atomic mass is 9.99. The Morgan fingerprint density at radius 2 is 1.56 bits per heavy atom. The van der Waals surface area contributed by atoms with Crippen molar-refractivity contribution in [1.29, 1.82) is 0 Å². The number of hydrogen-bond donors (Lipinski definition) is 5. The highest BCUT2D eigenvalue weighted by atomic mass is 15.3. The Labute approximate surface area is 263 Å². The van der Waals surface area contributed by atoms with Crippen molar-refractivity contribution >= 4 is 46.1 Å². The zero-order chi connectivity index (χ0) is 29.9. The number of nitrogens with zero attached hydrogens (tertiary/aromatic N) is 6. The maximum absolute atomic E-state index is 5.09. The quantitative estimate of drug-likeness (QED) is 0.191. The molecule has 4 aromatic heterocycles. The summed E-state index contributed by atoms with van der Waals surface area (Å²) in [6.07, 6.45) is 17.3. The first kappa shape index (κ1) is 27.2. The minimum Gasteiger partial charge on any atom is -0.367 e. The van der Waals surface area contributed by atoms with Crippen LogP contribution in [0.25, 0.3) is 16.6 Å². The van der Waals surface area contributed by atoms with Crippen LogP contribution in [-0.4, -0.2) is 67.2 Å². The Balaban J connectivity index is 0.992. The molecule has 5 N–H and O–H groups in total. The maximum Gasteiger partial charge on any atom is 0.154 e. The standard InChI is InChI=1S/C34H41N11/c1-19-12-31(42-30-17-28-26(4-2-10-35-28)34(43-30)41-25-15-22-8-9-23(16-25)39-22)44-45(19)29-18-37-33(27-5-3-11-36-32(27)29)40-24-13-20-6-7-21(14-24)38-20/h3,5,10-12,17-18,20-25,38-39H,2,4,6-9,13-16H2,1H3,(H,37,40)(H2,41,42,43,44)/t20-,21+,22-,23+,24-,25-. The molecule has 4 bridgehead atoms. The van der Waals surface area contributed by atoms with Crippen molar-refractivity contribution < 1.29 is 0 Å². The molecular weight excluding hydrogens is 562 g/mol. The molecule has 5 aliphatic heterocycles. The molecule has 0 unspecified atom stereocenters. The lowest BCUT2D eigenvalue weighted by Gasteiger charge is -2.31. The molecule has 4 aromatic rings. The van der Waals surface area contributed by atoms with Crippen molar-refractivity contribution in [2.75, 3.05) is 16.0 Å². The highest BCUT2D eigenvalue weighted by Gasteiger charge is 2.35. The first-order chi connectivity index (χ1) is 22.1. The maximum atomic E-state index is 5.09. The van der Waals surface area contributed by atoms with E-state index in [1.54, 1.807) is 0 Å². The van der Waals surface area contributed by atoms with Crippen LogP contribution in [-0.2, 0) is 6.42 Å². The molecule has 0 saturated carbocycles. The van der Waals surface area contributed by atoms with Gasteiger partial charge in [-0.1, -0.05) is 0 Å². The number of anilines is 4. The summed E-state index contributed by atoms with van der Waals surface area (Å²) in [4.78, 5) is 19.6. The average Bonchev–Trinajstić information content (AvgIpc) is 3.71. The largest absolute Gasteiger partial charge is 0.367 e. The Morgan fingerprint density at radius 1 is 0.844 bits per heavy atom. The molecule has 11 nitrogen and oxygen atoms in total. The predicted octanol–water partition coefficient (Wildman–Crippen LogP) is 5.30. The number of aromatic nitrogens is 5. The third-order valence-corrected chi connectivity index (χ3v) is 10.5. The van der Waals surface area contributed by atoms with Gasteiger partial charge in [-0.2, -0.15) is 0 Å². The van der Waals surface area contributed by atoms with Gasteiger partial charge in [-0.05, 0) is 83.3 Å². The van der Waals surface area contributed by atoms with Gasteiger partial charge in [0.1, 0.15) is 28.7 Å². The molecule has 4 saturated heterocycles. The van der Waals surface area contributed by atoms with Gasteiger partial charge in [0.25, 0.3) is 0 Å². The summed E-state index contributed by atoms with van der Waals surface area (Å²) in [5.41, 5.74) is 4.93. The van der Waals surface area contributed by atoms with Crippen LogP contribution >= 0.6 is 0 Å². The molecule has 0 spiro atoms. The van der Waals surface area contributed by atoms with Crippen LogP contribution in [0.3, 0.4) is 0 Å². The summed E-state index contributed by atoms with van der Waals surface area (Å²) in [7, 11) is 0. The number of hydrogen-bond acceptors (Lipinski definition) is 10. The average molecular weight is 604 g/mol. The third kappa shape index (κ3) is 5.21. The van der Waals surface area contributed by atoms with E-state index in [-0.39, 0.29) is 0 Å². The molecular formula is C34H41N11. The van der Waals surface area contributed by atoms with Crippen LogP contribution < -0.4 is 26.6 Å². The molecule has 0 aromatic carbocycles. The number of aliphatic imine (C=N–C) groups is 1. The van der Waals surface area contributed by atoms with Crippen LogP contribution in [0.2, 0.25) is 0 Å². The summed E-state index contributed by atoms with van der Waals surface area (Å²) >= 11 is 0. The fourth-order valence-corrected chi connectivity index (χ4v) is 8.45. The van der Waals surface area contributed by atoms with Crippen LogP contribution in [0.15, 0.2) is 41.7 Å². The molecule has 0 aliphatic carbocycles. The van der Waals surface area contributed by atoms with E-state index in [0.29, 0.717) is 36.3 Å². The van der Waals surface area contributed by atoms with Crippen molar-refractivity contribution in [3.8, 4) is 5.69 Å². The lowest BCUT2D eigenvalue weighted by molar-refractivity contribution is 0.377. The summed E-state index contributed by atoms with van der Waals surface area (Å²) < 4.78 is 1.93. The van der Waals surface area contributed by atoms with Gasteiger partial charge >= 0.3 is 0 Å². The van der Waals surface area contributed by atoms with Crippen molar-refractivity contribution in [2.24, 2.45) is 4.99 Å². The Bertz CT molecular complexity index is 1760. The fourth-order valence-electron chi connectivity index (χ4n) is 8.45. The first-order valence-electron chi connectivity index (χ1n) is 16.8. The van der Waals surface area contributed by atoms with E-state index in [9.17, 15) is 0 Å².